The second kappa shape index (κ2) is 10.2. The molecule has 0 fully saturated rings. The molecule has 0 spiro atoms. The van der Waals surface area contributed by atoms with Gasteiger partial charge < -0.3 is 9.64 Å². The first-order chi connectivity index (χ1) is 6.85. The Morgan fingerprint density at radius 2 is 1.79 bits per heavy atom. The number of nitrogens with zero attached hydrogens (tertiary/aromatic N) is 1. The van der Waals surface area contributed by atoms with Crippen molar-refractivity contribution in [1.29, 1.82) is 0 Å². The van der Waals surface area contributed by atoms with Crippen LogP contribution in [0.5, 0.6) is 0 Å². The largest absolute Gasteiger partial charge is 0.500 e. The van der Waals surface area contributed by atoms with Gasteiger partial charge in [0.2, 0.25) is 0 Å². The molecule has 14 heavy (non-hydrogen) atoms. The highest BCUT2D eigenvalue weighted by molar-refractivity contribution is 4.80. The second-order valence-electron chi connectivity index (χ2n) is 3.07. The molecular formula is C12H23NO. The zero-order valence-electron chi connectivity index (χ0n) is 9.70. The second-order valence-corrected chi connectivity index (χ2v) is 3.07. The first-order valence-electron chi connectivity index (χ1n) is 5.52. The van der Waals surface area contributed by atoms with Gasteiger partial charge in [0.1, 0.15) is 6.61 Å². The van der Waals surface area contributed by atoms with Gasteiger partial charge in [-0.05, 0) is 26.0 Å². The van der Waals surface area contributed by atoms with E-state index < -0.39 is 0 Å². The molecule has 2 nitrogen and oxygen atoms in total. The van der Waals surface area contributed by atoms with Gasteiger partial charge in [-0.25, -0.2) is 0 Å². The highest BCUT2D eigenvalue weighted by Crippen LogP contribution is 1.92. The lowest BCUT2D eigenvalue weighted by molar-refractivity contribution is 0.210. The monoisotopic (exact) mass is 197 g/mol. The zero-order chi connectivity index (χ0) is 10.6. The molecule has 0 saturated heterocycles. The summed E-state index contributed by atoms with van der Waals surface area (Å²) in [7, 11) is 0. The minimum atomic E-state index is 0.762. The molecule has 0 heterocycles. The lowest BCUT2D eigenvalue weighted by atomic mass is 10.4. The van der Waals surface area contributed by atoms with Crippen LogP contribution in [0.4, 0.5) is 0 Å². The van der Waals surface area contributed by atoms with E-state index in [0.717, 1.165) is 32.5 Å². The van der Waals surface area contributed by atoms with Gasteiger partial charge in [-0.3, -0.25) is 0 Å². The van der Waals surface area contributed by atoms with Gasteiger partial charge in [-0.15, -0.1) is 0 Å². The van der Waals surface area contributed by atoms with Crippen molar-refractivity contribution in [3.05, 3.63) is 24.6 Å². The van der Waals surface area contributed by atoms with E-state index in [4.69, 9.17) is 4.74 Å². The Morgan fingerprint density at radius 3 is 2.36 bits per heavy atom. The van der Waals surface area contributed by atoms with Gasteiger partial charge in [-0.1, -0.05) is 26.0 Å². The van der Waals surface area contributed by atoms with Gasteiger partial charge >= 0.3 is 0 Å². The first kappa shape index (κ1) is 13.1. The summed E-state index contributed by atoms with van der Waals surface area (Å²) in [5.74, 6) is 0. The van der Waals surface area contributed by atoms with E-state index in [9.17, 15) is 0 Å². The average Bonchev–Trinajstić information content (AvgIpc) is 2.22. The molecule has 0 aromatic carbocycles. The predicted octanol–water partition coefficient (Wildman–Crippen LogP) is 3.17. The summed E-state index contributed by atoms with van der Waals surface area (Å²) in [4.78, 5) is 2.25. The first-order valence-corrected chi connectivity index (χ1v) is 5.52. The zero-order valence-corrected chi connectivity index (χ0v) is 9.70. The molecule has 0 radical (unpaired) electrons. The number of rotatable bonds is 8. The topological polar surface area (TPSA) is 12.5 Å². The van der Waals surface area contributed by atoms with Crippen LogP contribution in [-0.4, -0.2) is 24.6 Å². The Hall–Kier alpha value is -0.920. The summed E-state index contributed by atoms with van der Waals surface area (Å²) in [6.45, 7) is 9.16. The fourth-order valence-corrected chi connectivity index (χ4v) is 0.995. The Labute approximate surface area is 88.2 Å². The lowest BCUT2D eigenvalue weighted by Gasteiger charge is -2.17. The molecule has 0 aliphatic heterocycles. The lowest BCUT2D eigenvalue weighted by Crippen LogP contribution is -2.21. The Morgan fingerprint density at radius 1 is 1.07 bits per heavy atom. The van der Waals surface area contributed by atoms with Gasteiger partial charge in [0.15, 0.2) is 0 Å². The van der Waals surface area contributed by atoms with Crippen molar-refractivity contribution in [2.45, 2.75) is 33.6 Å². The van der Waals surface area contributed by atoms with Crippen LogP contribution < -0.4 is 0 Å². The molecule has 0 saturated carbocycles. The molecule has 0 rings (SSSR count). The van der Waals surface area contributed by atoms with E-state index in [2.05, 4.69) is 37.9 Å². The minimum Gasteiger partial charge on any atom is -0.500 e. The van der Waals surface area contributed by atoms with Crippen molar-refractivity contribution < 1.29 is 4.74 Å². The van der Waals surface area contributed by atoms with Gasteiger partial charge in [0, 0.05) is 6.54 Å². The fraction of sp³-hybridized carbons (Fsp3) is 0.667. The molecular weight excluding hydrogens is 174 g/mol. The van der Waals surface area contributed by atoms with Crippen LogP contribution in [0, 0.1) is 0 Å². The maximum Gasteiger partial charge on any atom is 0.105 e. The summed E-state index contributed by atoms with van der Waals surface area (Å²) in [6, 6.07) is 0. The van der Waals surface area contributed by atoms with E-state index in [-0.39, 0.29) is 0 Å². The molecule has 0 aliphatic carbocycles. The Balaban J connectivity index is 3.52. The molecule has 0 bridgehead atoms. The molecule has 2 heteroatoms. The van der Waals surface area contributed by atoms with E-state index in [1.54, 1.807) is 6.26 Å². The van der Waals surface area contributed by atoms with Crippen molar-refractivity contribution in [3.8, 4) is 0 Å². The number of likely N-dealkylation sites (N-methyl/N-ethyl adjacent to an activating group) is 1. The number of hydrogen-bond acceptors (Lipinski definition) is 2. The molecule has 0 aromatic heterocycles. The van der Waals surface area contributed by atoms with Crippen molar-refractivity contribution in [2.75, 3.05) is 19.7 Å². The summed E-state index contributed by atoms with van der Waals surface area (Å²) in [5.41, 5.74) is 0. The van der Waals surface area contributed by atoms with Gasteiger partial charge in [0.25, 0.3) is 0 Å². The van der Waals surface area contributed by atoms with Crippen molar-refractivity contribution in [2.24, 2.45) is 0 Å². The molecule has 0 N–H and O–H groups in total. The van der Waals surface area contributed by atoms with Crippen LogP contribution >= 0.6 is 0 Å². The van der Waals surface area contributed by atoms with E-state index in [0.29, 0.717) is 0 Å². The number of ether oxygens (including phenoxy) is 1. The molecule has 0 unspecified atom stereocenters. The fourth-order valence-electron chi connectivity index (χ4n) is 0.995. The third-order valence-corrected chi connectivity index (χ3v) is 1.88. The summed E-state index contributed by atoms with van der Waals surface area (Å²) < 4.78 is 5.33. The van der Waals surface area contributed by atoms with Crippen molar-refractivity contribution in [3.63, 3.8) is 0 Å². The summed E-state index contributed by atoms with van der Waals surface area (Å²) >= 11 is 0. The molecule has 0 atom stereocenters. The number of hydrogen-bond donors (Lipinski definition) is 0. The normalized spacial score (nSPS) is 11.4. The van der Waals surface area contributed by atoms with Crippen LogP contribution in [0.2, 0.25) is 0 Å². The van der Waals surface area contributed by atoms with E-state index in [1.165, 1.54) is 0 Å². The van der Waals surface area contributed by atoms with Crippen molar-refractivity contribution >= 4 is 0 Å². The number of allylic oxidation sites excluding steroid dienone is 2. The average molecular weight is 197 g/mol. The van der Waals surface area contributed by atoms with E-state index >= 15 is 0 Å². The van der Waals surface area contributed by atoms with Crippen LogP contribution in [0.1, 0.15) is 33.6 Å². The maximum atomic E-state index is 5.33. The third-order valence-electron chi connectivity index (χ3n) is 1.88. The molecule has 0 aromatic rings. The minimum absolute atomic E-state index is 0.762. The predicted molar refractivity (Wildman–Crippen MR) is 62.1 cm³/mol. The van der Waals surface area contributed by atoms with Crippen LogP contribution in [0.3, 0.4) is 0 Å². The van der Waals surface area contributed by atoms with Crippen molar-refractivity contribution in [1.82, 2.24) is 4.90 Å². The highest BCUT2D eigenvalue weighted by atomic mass is 16.5. The summed E-state index contributed by atoms with van der Waals surface area (Å²) in [6.07, 6.45) is 10.3. The smallest absolute Gasteiger partial charge is 0.105 e. The van der Waals surface area contributed by atoms with Crippen LogP contribution in [0.15, 0.2) is 24.6 Å². The Kier molecular flexibility index (Phi) is 9.49. The van der Waals surface area contributed by atoms with Gasteiger partial charge in [-0.2, -0.15) is 0 Å². The molecule has 82 valence electrons. The SMILES string of the molecule is CCC=COCCN(C=CCC)CC. The molecule has 0 aliphatic rings. The van der Waals surface area contributed by atoms with Gasteiger partial charge in [0.05, 0.1) is 12.8 Å². The third kappa shape index (κ3) is 7.71. The van der Waals surface area contributed by atoms with Crippen LogP contribution in [0.25, 0.3) is 0 Å². The summed E-state index contributed by atoms with van der Waals surface area (Å²) in [5, 5.41) is 0. The van der Waals surface area contributed by atoms with E-state index in [1.807, 2.05) is 6.08 Å². The van der Waals surface area contributed by atoms with Crippen LogP contribution in [-0.2, 0) is 4.74 Å². The Bertz CT molecular complexity index is 164. The standard InChI is InChI=1S/C12H23NO/c1-4-7-9-13(6-3)10-12-14-11-8-5-2/h7-9,11H,4-6,10,12H2,1-3H3. The quantitative estimate of drug-likeness (QED) is 0.438. The molecule has 0 amide bonds. The maximum absolute atomic E-state index is 5.33. The highest BCUT2D eigenvalue weighted by Gasteiger charge is 1.93.